The number of hydrogen-bond donors (Lipinski definition) is 2. The van der Waals surface area contributed by atoms with Gasteiger partial charge < -0.3 is 20.4 Å². The van der Waals surface area contributed by atoms with Gasteiger partial charge >= 0.3 is 0 Å². The van der Waals surface area contributed by atoms with Crippen LogP contribution in [0, 0.1) is 0 Å². The molecule has 1 atom stereocenters. The quantitative estimate of drug-likeness (QED) is 0.306. The van der Waals surface area contributed by atoms with Crippen molar-refractivity contribution in [3.8, 4) is 0 Å². The Morgan fingerprint density at radius 1 is 1.17 bits per heavy atom. The average molecular weight is 530 g/mol. The summed E-state index contributed by atoms with van der Waals surface area (Å²) in [4.78, 5) is 31.9. The van der Waals surface area contributed by atoms with Crippen LogP contribution in [0.25, 0.3) is 0 Å². The molecule has 2 fully saturated rings. The van der Waals surface area contributed by atoms with Gasteiger partial charge in [0.05, 0.1) is 6.54 Å². The minimum atomic E-state index is 0. The minimum Gasteiger partial charge on any atom is -0.357 e. The number of piperazine rings is 1. The molecular weight excluding hydrogens is 495 g/mol. The number of nitrogens with one attached hydrogen (secondary N) is 2. The van der Waals surface area contributed by atoms with Crippen molar-refractivity contribution < 1.29 is 4.79 Å². The monoisotopic (exact) mass is 530 g/mol. The van der Waals surface area contributed by atoms with Gasteiger partial charge in [0.25, 0.3) is 0 Å². The first kappa shape index (κ1) is 24.6. The van der Waals surface area contributed by atoms with E-state index in [0.717, 1.165) is 77.2 Å². The van der Waals surface area contributed by atoms with Crippen LogP contribution in [-0.4, -0.2) is 96.6 Å². The maximum absolute atomic E-state index is 11.9. The van der Waals surface area contributed by atoms with Crippen molar-refractivity contribution >= 4 is 41.8 Å². The molecule has 1 aromatic heterocycles. The summed E-state index contributed by atoms with van der Waals surface area (Å²) in [6.07, 6.45) is 5.13. The molecule has 1 unspecified atom stereocenters. The maximum atomic E-state index is 11.9. The molecule has 1 aromatic rings. The van der Waals surface area contributed by atoms with Gasteiger partial charge in [-0.1, -0.05) is 6.92 Å². The first-order chi connectivity index (χ1) is 14.2. The van der Waals surface area contributed by atoms with E-state index >= 15 is 0 Å². The second kappa shape index (κ2) is 12.9. The number of aromatic nitrogens is 2. The van der Waals surface area contributed by atoms with Crippen molar-refractivity contribution in [2.75, 3.05) is 63.8 Å². The molecule has 0 radical (unpaired) electrons. The zero-order chi connectivity index (χ0) is 20.5. The highest BCUT2D eigenvalue weighted by atomic mass is 127. The van der Waals surface area contributed by atoms with Crippen LogP contribution in [0.2, 0.25) is 0 Å². The number of aliphatic imine (C=N–C) groups is 1. The maximum Gasteiger partial charge on any atom is 0.225 e. The Bertz CT molecular complexity index is 666. The highest BCUT2D eigenvalue weighted by Crippen LogP contribution is 2.11. The second-order valence-corrected chi connectivity index (χ2v) is 7.46. The van der Waals surface area contributed by atoms with E-state index < -0.39 is 0 Å². The van der Waals surface area contributed by atoms with E-state index in [0.29, 0.717) is 6.42 Å². The number of anilines is 1. The van der Waals surface area contributed by atoms with E-state index in [2.05, 4.69) is 37.3 Å². The van der Waals surface area contributed by atoms with Gasteiger partial charge in [0.1, 0.15) is 0 Å². The van der Waals surface area contributed by atoms with Gasteiger partial charge in [0.2, 0.25) is 11.9 Å². The number of carbonyl (C=O) groups excluding carboxylic acids is 1. The zero-order valence-electron chi connectivity index (χ0n) is 18.1. The molecule has 10 heteroatoms. The Morgan fingerprint density at radius 3 is 2.57 bits per heavy atom. The Kier molecular flexibility index (Phi) is 10.6. The average Bonchev–Trinajstić information content (AvgIpc) is 3.23. The van der Waals surface area contributed by atoms with E-state index in [9.17, 15) is 4.79 Å². The molecule has 2 saturated heterocycles. The van der Waals surface area contributed by atoms with Gasteiger partial charge in [0.15, 0.2) is 5.96 Å². The molecule has 3 heterocycles. The van der Waals surface area contributed by atoms with E-state index in [-0.39, 0.29) is 35.9 Å². The largest absolute Gasteiger partial charge is 0.357 e. The molecule has 2 N–H and O–H groups in total. The summed E-state index contributed by atoms with van der Waals surface area (Å²) in [6, 6.07) is 2.12. The number of rotatable bonds is 7. The number of amides is 1. The molecule has 0 saturated carbocycles. The van der Waals surface area contributed by atoms with Gasteiger partial charge in [-0.3, -0.25) is 14.7 Å². The van der Waals surface area contributed by atoms with Crippen molar-refractivity contribution in [1.82, 2.24) is 30.4 Å². The molecule has 3 rings (SSSR count). The van der Waals surface area contributed by atoms with Gasteiger partial charge in [-0.15, -0.1) is 24.0 Å². The third kappa shape index (κ3) is 7.22. The van der Waals surface area contributed by atoms with E-state index in [4.69, 9.17) is 4.99 Å². The first-order valence-electron chi connectivity index (χ1n) is 10.8. The van der Waals surface area contributed by atoms with Crippen molar-refractivity contribution in [1.29, 1.82) is 0 Å². The minimum absolute atomic E-state index is 0. The van der Waals surface area contributed by atoms with E-state index in [1.165, 1.54) is 0 Å². The number of carbonyl (C=O) groups is 1. The molecule has 0 bridgehead atoms. The van der Waals surface area contributed by atoms with Crippen LogP contribution in [0.1, 0.15) is 26.7 Å². The van der Waals surface area contributed by atoms with Crippen molar-refractivity contribution in [3.05, 3.63) is 18.5 Å². The van der Waals surface area contributed by atoms with Crippen LogP contribution in [-0.2, 0) is 4.79 Å². The summed E-state index contributed by atoms with van der Waals surface area (Å²) >= 11 is 0. The first-order valence-corrected chi connectivity index (χ1v) is 10.8. The van der Waals surface area contributed by atoms with Crippen molar-refractivity contribution in [2.24, 2.45) is 4.99 Å². The third-order valence-corrected chi connectivity index (χ3v) is 5.42. The van der Waals surface area contributed by atoms with Gasteiger partial charge in [-0.25, -0.2) is 9.97 Å². The predicted octanol–water partition coefficient (Wildman–Crippen LogP) is 0.783. The fourth-order valence-electron chi connectivity index (χ4n) is 3.77. The summed E-state index contributed by atoms with van der Waals surface area (Å²) in [6.45, 7) is 12.0. The van der Waals surface area contributed by atoms with E-state index in [1.807, 2.05) is 17.9 Å². The molecule has 0 aromatic carbocycles. The summed E-state index contributed by atoms with van der Waals surface area (Å²) in [7, 11) is 0. The number of guanidine groups is 1. The van der Waals surface area contributed by atoms with Crippen molar-refractivity contribution in [3.63, 3.8) is 0 Å². The second-order valence-electron chi connectivity index (χ2n) is 7.46. The summed E-state index contributed by atoms with van der Waals surface area (Å²) in [5.41, 5.74) is 0. The van der Waals surface area contributed by atoms with Crippen LogP contribution in [0.3, 0.4) is 0 Å². The van der Waals surface area contributed by atoms with Crippen molar-refractivity contribution in [2.45, 2.75) is 32.7 Å². The SMILES string of the molecule is CCNC(=NCCN1CCN(c2ncccn2)CC1)NC1CCN(C(=O)CC)C1.I. The van der Waals surface area contributed by atoms with Crippen LogP contribution in [0.5, 0.6) is 0 Å². The molecule has 30 heavy (non-hydrogen) atoms. The molecular formula is C20H35IN8O. The lowest BCUT2D eigenvalue weighted by Gasteiger charge is -2.34. The fourth-order valence-corrected chi connectivity index (χ4v) is 3.77. The number of nitrogens with zero attached hydrogens (tertiary/aromatic N) is 6. The summed E-state index contributed by atoms with van der Waals surface area (Å²) in [5, 5.41) is 6.82. The molecule has 9 nitrogen and oxygen atoms in total. The van der Waals surface area contributed by atoms with Crippen LogP contribution in [0.4, 0.5) is 5.95 Å². The zero-order valence-corrected chi connectivity index (χ0v) is 20.4. The Morgan fingerprint density at radius 2 is 1.90 bits per heavy atom. The van der Waals surface area contributed by atoms with Crippen LogP contribution in [0.15, 0.2) is 23.5 Å². The van der Waals surface area contributed by atoms with Gasteiger partial charge in [-0.05, 0) is 19.4 Å². The molecule has 0 spiro atoms. The summed E-state index contributed by atoms with van der Waals surface area (Å²) < 4.78 is 0. The third-order valence-electron chi connectivity index (χ3n) is 5.42. The smallest absolute Gasteiger partial charge is 0.225 e. The number of hydrogen-bond acceptors (Lipinski definition) is 6. The Hall–Kier alpha value is -1.69. The van der Waals surface area contributed by atoms with Crippen LogP contribution >= 0.6 is 24.0 Å². The highest BCUT2D eigenvalue weighted by Gasteiger charge is 2.25. The molecule has 2 aliphatic rings. The Balaban J connectivity index is 0.00000320. The standard InChI is InChI=1S/C20H34N8O.HI/c1-3-18(29)28-10-6-17(16-28)25-19(21-4-2)22-9-11-26-12-14-27(15-13-26)20-23-7-5-8-24-20;/h5,7-8,17H,3-4,6,9-16H2,1-2H3,(H2,21,22,25);1H. The summed E-state index contributed by atoms with van der Waals surface area (Å²) in [5.74, 6) is 1.90. The van der Waals surface area contributed by atoms with Crippen LogP contribution < -0.4 is 15.5 Å². The normalized spacial score (nSPS) is 20.1. The molecule has 0 aliphatic carbocycles. The molecule has 2 aliphatic heterocycles. The topological polar surface area (TPSA) is 89.0 Å². The van der Waals surface area contributed by atoms with Gasteiger partial charge in [-0.2, -0.15) is 0 Å². The number of halogens is 1. The lowest BCUT2D eigenvalue weighted by atomic mass is 10.3. The highest BCUT2D eigenvalue weighted by molar-refractivity contribution is 14.0. The van der Waals surface area contributed by atoms with Gasteiger partial charge in [0, 0.05) is 77.2 Å². The molecule has 1 amide bonds. The number of likely N-dealkylation sites (tertiary alicyclic amines) is 1. The fraction of sp³-hybridized carbons (Fsp3) is 0.700. The Labute approximate surface area is 196 Å². The lowest BCUT2D eigenvalue weighted by molar-refractivity contribution is -0.129. The van der Waals surface area contributed by atoms with E-state index in [1.54, 1.807) is 12.4 Å². The lowest BCUT2D eigenvalue weighted by Crippen LogP contribution is -2.48. The molecule has 168 valence electrons. The predicted molar refractivity (Wildman–Crippen MR) is 130 cm³/mol.